The average molecular weight is 401 g/mol. The lowest BCUT2D eigenvalue weighted by atomic mass is 10.1. The van der Waals surface area contributed by atoms with Crippen LogP contribution in [0, 0.1) is 19.7 Å². The first-order chi connectivity index (χ1) is 13.4. The summed E-state index contributed by atoms with van der Waals surface area (Å²) >= 11 is 6.32. The summed E-state index contributed by atoms with van der Waals surface area (Å²) < 4.78 is 20.2. The second-order valence-electron chi connectivity index (χ2n) is 6.37. The number of nitrogens with zero attached hydrogens (tertiary/aromatic N) is 2. The van der Waals surface area contributed by atoms with Crippen LogP contribution >= 0.6 is 11.6 Å². The number of ketones is 1. The van der Waals surface area contributed by atoms with Crippen molar-refractivity contribution in [2.75, 3.05) is 6.61 Å². The highest BCUT2D eigenvalue weighted by molar-refractivity contribution is 6.32. The molecular formula is C21H18ClFN2O3. The third-order valence-corrected chi connectivity index (χ3v) is 4.62. The van der Waals surface area contributed by atoms with Gasteiger partial charge in [-0.2, -0.15) is 5.10 Å². The summed E-state index contributed by atoms with van der Waals surface area (Å²) in [5.41, 5.74) is 2.46. The molecule has 0 amide bonds. The lowest BCUT2D eigenvalue weighted by molar-refractivity contribution is 0.0473. The van der Waals surface area contributed by atoms with Crippen molar-refractivity contribution in [2.24, 2.45) is 0 Å². The Morgan fingerprint density at radius 1 is 1.11 bits per heavy atom. The molecule has 0 radical (unpaired) electrons. The Bertz CT molecular complexity index is 1030. The molecule has 0 bridgehead atoms. The van der Waals surface area contributed by atoms with Crippen LogP contribution in [0.25, 0.3) is 0 Å². The van der Waals surface area contributed by atoms with Gasteiger partial charge in [-0.25, -0.2) is 13.9 Å². The minimum absolute atomic E-state index is 0.0927. The highest BCUT2D eigenvalue weighted by Gasteiger charge is 2.23. The molecule has 0 saturated carbocycles. The molecule has 1 aromatic heterocycles. The molecule has 3 rings (SSSR count). The van der Waals surface area contributed by atoms with Gasteiger partial charge < -0.3 is 4.74 Å². The van der Waals surface area contributed by atoms with Crippen molar-refractivity contribution in [3.05, 3.63) is 87.4 Å². The normalized spacial score (nSPS) is 10.7. The van der Waals surface area contributed by atoms with Crippen molar-refractivity contribution < 1.29 is 18.7 Å². The summed E-state index contributed by atoms with van der Waals surface area (Å²) in [6, 6.07) is 13.4. The molecule has 7 heteroatoms. The Kier molecular flexibility index (Phi) is 5.90. The third-order valence-electron chi connectivity index (χ3n) is 4.23. The maximum absolute atomic E-state index is 13.7. The zero-order chi connectivity index (χ0) is 20.3. The number of benzene rings is 2. The molecule has 0 atom stereocenters. The fourth-order valence-electron chi connectivity index (χ4n) is 2.72. The summed E-state index contributed by atoms with van der Waals surface area (Å²) in [7, 11) is 0. The van der Waals surface area contributed by atoms with E-state index in [0.717, 1.165) is 11.1 Å². The summed E-state index contributed by atoms with van der Waals surface area (Å²) in [5.74, 6) is -2.07. The van der Waals surface area contributed by atoms with E-state index in [1.165, 1.54) is 28.9 Å². The Balaban J connectivity index is 1.72. The second-order valence-corrected chi connectivity index (χ2v) is 6.73. The Hall–Kier alpha value is -2.99. The highest BCUT2D eigenvalue weighted by Crippen LogP contribution is 2.22. The number of aryl methyl sites for hydroxylation is 2. The van der Waals surface area contributed by atoms with Gasteiger partial charge in [0.25, 0.3) is 0 Å². The smallest absolute Gasteiger partial charge is 0.343 e. The van der Waals surface area contributed by atoms with E-state index >= 15 is 0 Å². The van der Waals surface area contributed by atoms with Crippen LogP contribution in [0.2, 0.25) is 5.15 Å². The molecule has 0 N–H and O–H groups in total. The first-order valence-corrected chi connectivity index (χ1v) is 8.98. The number of halogens is 2. The van der Waals surface area contributed by atoms with Crippen molar-refractivity contribution in [3.8, 4) is 0 Å². The predicted molar refractivity (Wildman–Crippen MR) is 103 cm³/mol. The number of Topliss-reactive ketones (excluding diaryl/α,β-unsaturated/α-hetero) is 1. The number of hydrogen-bond donors (Lipinski definition) is 0. The summed E-state index contributed by atoms with van der Waals surface area (Å²) in [6.07, 6.45) is 0. The standard InChI is InChI=1S/C21H18ClFN2O3/c1-13-7-9-15(10-8-13)11-25-20(22)19(14(2)24-25)21(27)28-12-18(26)16-5-3-4-6-17(16)23/h3-10H,11-12H2,1-2H3. The quantitative estimate of drug-likeness (QED) is 0.455. The summed E-state index contributed by atoms with van der Waals surface area (Å²) in [6.45, 7) is 3.43. The van der Waals surface area contributed by atoms with Crippen molar-refractivity contribution in [1.82, 2.24) is 9.78 Å². The molecule has 0 aliphatic heterocycles. The van der Waals surface area contributed by atoms with Gasteiger partial charge in [0.1, 0.15) is 16.5 Å². The number of carbonyl (C=O) groups excluding carboxylic acids is 2. The minimum Gasteiger partial charge on any atom is -0.454 e. The predicted octanol–water partition coefficient (Wildman–Crippen LogP) is 4.38. The Morgan fingerprint density at radius 3 is 2.46 bits per heavy atom. The Morgan fingerprint density at radius 2 is 1.79 bits per heavy atom. The number of aromatic nitrogens is 2. The molecule has 0 aliphatic rings. The van der Waals surface area contributed by atoms with Crippen LogP contribution in [-0.2, 0) is 11.3 Å². The second kappa shape index (κ2) is 8.35. The van der Waals surface area contributed by atoms with Gasteiger partial charge in [0.05, 0.1) is 17.8 Å². The van der Waals surface area contributed by atoms with Gasteiger partial charge in [0.15, 0.2) is 6.61 Å². The molecular weight excluding hydrogens is 383 g/mol. The van der Waals surface area contributed by atoms with Crippen LogP contribution in [0.1, 0.15) is 37.5 Å². The maximum atomic E-state index is 13.7. The molecule has 0 saturated heterocycles. The fraction of sp³-hybridized carbons (Fsp3) is 0.190. The van der Waals surface area contributed by atoms with Crippen LogP contribution in [0.3, 0.4) is 0 Å². The van der Waals surface area contributed by atoms with Gasteiger partial charge in [0.2, 0.25) is 5.78 Å². The van der Waals surface area contributed by atoms with Crippen LogP contribution in [0.4, 0.5) is 4.39 Å². The van der Waals surface area contributed by atoms with Gasteiger partial charge in [-0.05, 0) is 31.5 Å². The number of hydrogen-bond acceptors (Lipinski definition) is 4. The fourth-order valence-corrected chi connectivity index (χ4v) is 3.04. The van der Waals surface area contributed by atoms with Gasteiger partial charge in [-0.3, -0.25) is 4.79 Å². The maximum Gasteiger partial charge on any atom is 0.343 e. The molecule has 0 spiro atoms. The van der Waals surface area contributed by atoms with E-state index in [1.54, 1.807) is 6.92 Å². The van der Waals surface area contributed by atoms with E-state index < -0.39 is 24.2 Å². The topological polar surface area (TPSA) is 61.2 Å². The zero-order valence-electron chi connectivity index (χ0n) is 15.4. The van der Waals surface area contributed by atoms with Gasteiger partial charge in [-0.15, -0.1) is 0 Å². The van der Waals surface area contributed by atoms with E-state index in [9.17, 15) is 14.0 Å². The van der Waals surface area contributed by atoms with Crippen LogP contribution in [-0.4, -0.2) is 28.1 Å². The van der Waals surface area contributed by atoms with Crippen molar-refractivity contribution in [1.29, 1.82) is 0 Å². The average Bonchev–Trinajstić information content (AvgIpc) is 2.95. The van der Waals surface area contributed by atoms with E-state index in [1.807, 2.05) is 31.2 Å². The summed E-state index contributed by atoms with van der Waals surface area (Å²) in [4.78, 5) is 24.5. The van der Waals surface area contributed by atoms with E-state index in [0.29, 0.717) is 12.2 Å². The van der Waals surface area contributed by atoms with Gasteiger partial charge >= 0.3 is 5.97 Å². The molecule has 0 unspecified atom stereocenters. The number of rotatable bonds is 6. The Labute approximate surface area is 166 Å². The van der Waals surface area contributed by atoms with Gasteiger partial charge in [0, 0.05) is 0 Å². The molecule has 0 fully saturated rings. The molecule has 1 heterocycles. The number of carbonyl (C=O) groups is 2. The highest BCUT2D eigenvalue weighted by atomic mass is 35.5. The lowest BCUT2D eigenvalue weighted by Crippen LogP contribution is -2.16. The van der Waals surface area contributed by atoms with E-state index in [4.69, 9.17) is 16.3 Å². The van der Waals surface area contributed by atoms with E-state index in [2.05, 4.69) is 5.10 Å². The van der Waals surface area contributed by atoms with Crippen LogP contribution in [0.5, 0.6) is 0 Å². The monoisotopic (exact) mass is 400 g/mol. The largest absolute Gasteiger partial charge is 0.454 e. The van der Waals surface area contributed by atoms with Crippen molar-refractivity contribution in [3.63, 3.8) is 0 Å². The van der Waals surface area contributed by atoms with E-state index in [-0.39, 0.29) is 16.3 Å². The molecule has 144 valence electrons. The number of ether oxygens (including phenoxy) is 1. The molecule has 2 aromatic carbocycles. The molecule has 3 aromatic rings. The number of esters is 1. The van der Waals surface area contributed by atoms with Crippen molar-refractivity contribution >= 4 is 23.4 Å². The first kappa shape index (κ1) is 19.8. The van der Waals surface area contributed by atoms with Crippen LogP contribution in [0.15, 0.2) is 48.5 Å². The first-order valence-electron chi connectivity index (χ1n) is 8.60. The van der Waals surface area contributed by atoms with Crippen LogP contribution < -0.4 is 0 Å². The third kappa shape index (κ3) is 4.28. The zero-order valence-corrected chi connectivity index (χ0v) is 16.2. The molecule has 5 nitrogen and oxygen atoms in total. The van der Waals surface area contributed by atoms with Crippen molar-refractivity contribution in [2.45, 2.75) is 20.4 Å². The molecule has 0 aliphatic carbocycles. The summed E-state index contributed by atoms with van der Waals surface area (Å²) in [5, 5.41) is 4.41. The SMILES string of the molecule is Cc1ccc(Cn2nc(C)c(C(=O)OCC(=O)c3ccccc3F)c2Cl)cc1. The van der Waals surface area contributed by atoms with Gasteiger partial charge in [-0.1, -0.05) is 53.6 Å². The lowest BCUT2D eigenvalue weighted by Gasteiger charge is -2.06. The molecule has 28 heavy (non-hydrogen) atoms. The minimum atomic E-state index is -0.776.